The molecule has 4 nitrogen and oxygen atoms in total. The van der Waals surface area contributed by atoms with E-state index >= 15 is 0 Å². The van der Waals surface area contributed by atoms with Crippen LogP contribution in [0.1, 0.15) is 30.0 Å². The molecule has 2 heterocycles. The minimum absolute atomic E-state index is 0.0273. The normalized spacial score (nSPS) is 17.2. The maximum atomic E-state index is 12.4. The number of rotatable bonds is 7. The van der Waals surface area contributed by atoms with Crippen molar-refractivity contribution in [2.45, 2.75) is 24.6 Å². The van der Waals surface area contributed by atoms with Gasteiger partial charge in [-0.25, -0.2) is 13.1 Å². The fourth-order valence-electron chi connectivity index (χ4n) is 3.03. The largest absolute Gasteiger partial charge is 0.295 e. The van der Waals surface area contributed by atoms with Gasteiger partial charge < -0.3 is 0 Å². The lowest BCUT2D eigenvalue weighted by molar-refractivity contribution is 0.247. The molecule has 1 aromatic carbocycles. The summed E-state index contributed by atoms with van der Waals surface area (Å²) in [5.74, 6) is -0.0273. The lowest BCUT2D eigenvalue weighted by Gasteiger charge is -2.27. The molecule has 3 rings (SSSR count). The summed E-state index contributed by atoms with van der Waals surface area (Å²) >= 11 is 7.49. The zero-order chi connectivity index (χ0) is 17.0. The van der Waals surface area contributed by atoms with E-state index in [1.54, 1.807) is 35.6 Å². The molecule has 1 aliphatic rings. The molecule has 1 N–H and O–H groups in total. The Morgan fingerprint density at radius 3 is 2.50 bits per heavy atom. The number of likely N-dealkylation sites (tertiary alicyclic amines) is 1. The van der Waals surface area contributed by atoms with Crippen LogP contribution in [0, 0.1) is 0 Å². The summed E-state index contributed by atoms with van der Waals surface area (Å²) in [4.78, 5) is 2.37. The first-order chi connectivity index (χ1) is 11.5. The third-order valence-electron chi connectivity index (χ3n) is 4.28. The molecule has 1 aliphatic heterocycles. The number of nitrogens with zero attached hydrogens (tertiary/aromatic N) is 1. The number of benzene rings is 1. The first-order valence-corrected chi connectivity index (χ1v) is 11.0. The second-order valence-electron chi connectivity index (χ2n) is 6.05. The molecule has 1 aromatic heterocycles. The van der Waals surface area contributed by atoms with Crippen LogP contribution in [0.3, 0.4) is 0 Å². The van der Waals surface area contributed by atoms with Crippen molar-refractivity contribution in [1.29, 1.82) is 0 Å². The molecule has 0 amide bonds. The third kappa shape index (κ3) is 4.80. The number of thiophene rings is 1. The van der Waals surface area contributed by atoms with E-state index in [2.05, 4.69) is 21.1 Å². The zero-order valence-corrected chi connectivity index (χ0v) is 15.7. The van der Waals surface area contributed by atoms with Crippen LogP contribution in [0.15, 0.2) is 41.1 Å². The molecule has 2 aromatic rings. The monoisotopic (exact) mass is 384 g/mol. The second kappa shape index (κ2) is 7.97. The molecule has 1 saturated heterocycles. The fourth-order valence-corrected chi connectivity index (χ4v) is 5.01. The molecule has 7 heteroatoms. The molecular formula is C17H21ClN2O2S2. The summed E-state index contributed by atoms with van der Waals surface area (Å²) < 4.78 is 27.6. The van der Waals surface area contributed by atoms with E-state index < -0.39 is 10.0 Å². The third-order valence-corrected chi connectivity index (χ3v) is 6.55. The van der Waals surface area contributed by atoms with Crippen LogP contribution >= 0.6 is 22.9 Å². The van der Waals surface area contributed by atoms with Gasteiger partial charge in [-0.15, -0.1) is 0 Å². The molecule has 0 spiro atoms. The Labute approximate surface area is 152 Å². The summed E-state index contributed by atoms with van der Waals surface area (Å²) in [5.41, 5.74) is 1.93. The Morgan fingerprint density at radius 1 is 1.17 bits per heavy atom. The Kier molecular flexibility index (Phi) is 5.94. The molecule has 0 bridgehead atoms. The van der Waals surface area contributed by atoms with Crippen LogP contribution in [-0.2, 0) is 15.8 Å². The van der Waals surface area contributed by atoms with E-state index in [0.29, 0.717) is 11.6 Å². The quantitative estimate of drug-likeness (QED) is 0.792. The summed E-state index contributed by atoms with van der Waals surface area (Å²) in [6.45, 7) is 2.46. The van der Waals surface area contributed by atoms with Crippen LogP contribution in [0.25, 0.3) is 0 Å². The topological polar surface area (TPSA) is 49.4 Å². The molecule has 1 unspecified atom stereocenters. The number of hydrogen-bond acceptors (Lipinski definition) is 4. The van der Waals surface area contributed by atoms with Crippen molar-refractivity contribution in [2.75, 3.05) is 19.6 Å². The highest BCUT2D eigenvalue weighted by atomic mass is 35.5. The average molecular weight is 385 g/mol. The van der Waals surface area contributed by atoms with Crippen molar-refractivity contribution < 1.29 is 8.42 Å². The van der Waals surface area contributed by atoms with Gasteiger partial charge in [0.05, 0.1) is 5.75 Å². The van der Waals surface area contributed by atoms with E-state index in [1.165, 1.54) is 18.4 Å². The highest BCUT2D eigenvalue weighted by molar-refractivity contribution is 7.88. The first-order valence-electron chi connectivity index (χ1n) is 8.01. The molecule has 1 atom stereocenters. The van der Waals surface area contributed by atoms with Crippen LogP contribution in [0.4, 0.5) is 0 Å². The Hall–Kier alpha value is -0.920. The van der Waals surface area contributed by atoms with Crippen LogP contribution in [0.5, 0.6) is 0 Å². The predicted octanol–water partition coefficient (Wildman–Crippen LogP) is 3.66. The van der Waals surface area contributed by atoms with Gasteiger partial charge in [0.25, 0.3) is 0 Å². The van der Waals surface area contributed by atoms with Crippen LogP contribution < -0.4 is 4.72 Å². The smallest absolute Gasteiger partial charge is 0.215 e. The minimum Gasteiger partial charge on any atom is -0.295 e. The Balaban J connectivity index is 1.65. The van der Waals surface area contributed by atoms with E-state index in [1.807, 2.05) is 5.38 Å². The Bertz CT molecular complexity index is 739. The van der Waals surface area contributed by atoms with Crippen molar-refractivity contribution in [3.63, 3.8) is 0 Å². The van der Waals surface area contributed by atoms with Crippen molar-refractivity contribution in [2.24, 2.45) is 0 Å². The molecule has 0 aliphatic carbocycles. The van der Waals surface area contributed by atoms with Crippen molar-refractivity contribution >= 4 is 33.0 Å². The van der Waals surface area contributed by atoms with Crippen molar-refractivity contribution in [3.8, 4) is 0 Å². The van der Waals surface area contributed by atoms with E-state index in [9.17, 15) is 8.42 Å². The van der Waals surface area contributed by atoms with Gasteiger partial charge in [-0.05, 0) is 66.0 Å². The molecule has 0 saturated carbocycles. The van der Waals surface area contributed by atoms with Gasteiger partial charge in [0, 0.05) is 17.6 Å². The molecule has 24 heavy (non-hydrogen) atoms. The number of halogens is 1. The second-order valence-corrected chi connectivity index (χ2v) is 9.07. The van der Waals surface area contributed by atoms with Gasteiger partial charge in [0.15, 0.2) is 0 Å². The van der Waals surface area contributed by atoms with Crippen molar-refractivity contribution in [3.05, 3.63) is 57.2 Å². The van der Waals surface area contributed by atoms with Crippen molar-refractivity contribution in [1.82, 2.24) is 9.62 Å². The summed E-state index contributed by atoms with van der Waals surface area (Å²) in [5, 5.41) is 4.76. The highest BCUT2D eigenvalue weighted by Gasteiger charge is 2.25. The SMILES string of the molecule is O=S(=O)(Cc1ccc(Cl)cc1)NCC(c1ccsc1)N1CCCC1. The van der Waals surface area contributed by atoms with E-state index in [-0.39, 0.29) is 11.8 Å². The van der Waals surface area contributed by atoms with E-state index in [4.69, 9.17) is 11.6 Å². The Morgan fingerprint density at radius 2 is 1.88 bits per heavy atom. The number of hydrogen-bond donors (Lipinski definition) is 1. The fraction of sp³-hybridized carbons (Fsp3) is 0.412. The number of sulfonamides is 1. The van der Waals surface area contributed by atoms with Gasteiger partial charge in [-0.2, -0.15) is 11.3 Å². The van der Waals surface area contributed by atoms with Crippen LogP contribution in [0.2, 0.25) is 5.02 Å². The zero-order valence-electron chi connectivity index (χ0n) is 13.3. The molecule has 0 radical (unpaired) electrons. The molecular weight excluding hydrogens is 364 g/mol. The van der Waals surface area contributed by atoms with Gasteiger partial charge in [-0.1, -0.05) is 23.7 Å². The summed E-state index contributed by atoms with van der Waals surface area (Å²) in [6.07, 6.45) is 2.36. The van der Waals surface area contributed by atoms with Gasteiger partial charge >= 0.3 is 0 Å². The highest BCUT2D eigenvalue weighted by Crippen LogP contribution is 2.26. The van der Waals surface area contributed by atoms with Crippen LogP contribution in [-0.4, -0.2) is 33.0 Å². The summed E-state index contributed by atoms with van der Waals surface area (Å²) in [7, 11) is -3.38. The first kappa shape index (κ1) is 17.9. The number of nitrogens with one attached hydrogen (secondary N) is 1. The lowest BCUT2D eigenvalue weighted by atomic mass is 10.1. The maximum Gasteiger partial charge on any atom is 0.215 e. The maximum absolute atomic E-state index is 12.4. The van der Waals surface area contributed by atoms with Gasteiger partial charge in [-0.3, -0.25) is 4.90 Å². The van der Waals surface area contributed by atoms with E-state index in [0.717, 1.165) is 18.7 Å². The van der Waals surface area contributed by atoms with Gasteiger partial charge in [0.1, 0.15) is 0 Å². The molecule has 130 valence electrons. The summed E-state index contributed by atoms with van der Waals surface area (Å²) in [6, 6.07) is 9.12. The minimum atomic E-state index is -3.38. The standard InChI is InChI=1S/C17H21ClN2O2S2/c18-16-5-3-14(4-6-16)13-24(21,22)19-11-17(15-7-10-23-12-15)20-8-1-2-9-20/h3-7,10,12,17,19H,1-2,8-9,11,13H2. The predicted molar refractivity (Wildman–Crippen MR) is 99.9 cm³/mol. The molecule has 1 fully saturated rings. The average Bonchev–Trinajstić information content (AvgIpc) is 3.23. The lowest BCUT2D eigenvalue weighted by Crippen LogP contribution is -2.37. The van der Waals surface area contributed by atoms with Gasteiger partial charge in [0.2, 0.25) is 10.0 Å².